The number of aromatic nitrogens is 1. The van der Waals surface area contributed by atoms with Gasteiger partial charge in [-0.3, -0.25) is 0 Å². The number of hydrogen-bond donors (Lipinski definition) is 1. The van der Waals surface area contributed by atoms with Gasteiger partial charge in [-0.15, -0.1) is 0 Å². The van der Waals surface area contributed by atoms with Crippen molar-refractivity contribution in [2.24, 2.45) is 0 Å². The van der Waals surface area contributed by atoms with Crippen LogP contribution in [-0.4, -0.2) is 23.6 Å². The Morgan fingerprint density at radius 1 is 1.38 bits per heavy atom. The molecule has 0 aromatic carbocycles. The molecular formula is C11H16F2N2O. The lowest BCUT2D eigenvalue weighted by atomic mass is 10.1. The van der Waals surface area contributed by atoms with Gasteiger partial charge < -0.3 is 10.1 Å². The molecule has 0 aliphatic carbocycles. The molecule has 0 amide bonds. The van der Waals surface area contributed by atoms with E-state index in [4.69, 9.17) is 4.74 Å². The Bertz CT molecular complexity index is 337. The lowest BCUT2D eigenvalue weighted by Crippen LogP contribution is -2.26. The van der Waals surface area contributed by atoms with Crippen molar-refractivity contribution in [3.8, 4) is 5.88 Å². The van der Waals surface area contributed by atoms with Crippen molar-refractivity contribution >= 4 is 5.82 Å². The molecule has 0 radical (unpaired) electrons. The summed E-state index contributed by atoms with van der Waals surface area (Å²) < 4.78 is 28.7. The van der Waals surface area contributed by atoms with Crippen molar-refractivity contribution in [2.75, 3.05) is 11.9 Å². The monoisotopic (exact) mass is 230 g/mol. The van der Waals surface area contributed by atoms with Crippen LogP contribution in [0.3, 0.4) is 0 Å². The minimum Gasteiger partial charge on any atom is -0.472 e. The number of anilines is 1. The molecule has 5 heteroatoms. The number of halogens is 2. The predicted octanol–water partition coefficient (Wildman–Crippen LogP) is 2.94. The van der Waals surface area contributed by atoms with Crippen molar-refractivity contribution in [2.45, 2.75) is 32.7 Å². The fourth-order valence-electron chi connectivity index (χ4n) is 1.10. The van der Waals surface area contributed by atoms with Crippen LogP contribution in [0.4, 0.5) is 14.6 Å². The summed E-state index contributed by atoms with van der Waals surface area (Å²) in [5.41, 5.74) is -0.131. The first-order valence-corrected chi connectivity index (χ1v) is 5.03. The van der Waals surface area contributed by atoms with Crippen molar-refractivity contribution in [3.63, 3.8) is 0 Å². The zero-order valence-corrected chi connectivity index (χ0v) is 9.63. The van der Waals surface area contributed by atoms with Gasteiger partial charge in [0.15, 0.2) is 6.61 Å². The molecular weight excluding hydrogens is 214 g/mol. The zero-order valence-electron chi connectivity index (χ0n) is 9.63. The van der Waals surface area contributed by atoms with Gasteiger partial charge in [-0.05, 0) is 26.8 Å². The normalized spacial score (nSPS) is 11.6. The Morgan fingerprint density at radius 2 is 2.06 bits per heavy atom. The Balaban J connectivity index is 2.64. The Kier molecular flexibility index (Phi) is 4.04. The largest absolute Gasteiger partial charge is 0.472 e. The zero-order chi connectivity index (χ0) is 12.2. The van der Waals surface area contributed by atoms with Gasteiger partial charge in [0.1, 0.15) is 5.82 Å². The highest BCUT2D eigenvalue weighted by Gasteiger charge is 2.11. The van der Waals surface area contributed by atoms with Gasteiger partial charge in [-0.1, -0.05) is 6.07 Å². The highest BCUT2D eigenvalue weighted by molar-refractivity contribution is 5.39. The van der Waals surface area contributed by atoms with E-state index in [1.54, 1.807) is 18.2 Å². The maximum Gasteiger partial charge on any atom is 0.272 e. The third-order valence-corrected chi connectivity index (χ3v) is 1.58. The molecule has 1 rings (SSSR count). The predicted molar refractivity (Wildman–Crippen MR) is 59.1 cm³/mol. The lowest BCUT2D eigenvalue weighted by molar-refractivity contribution is 0.0796. The van der Waals surface area contributed by atoms with Gasteiger partial charge in [-0.25, -0.2) is 8.78 Å². The summed E-state index contributed by atoms with van der Waals surface area (Å²) in [4.78, 5) is 4.06. The molecule has 0 aliphatic rings. The summed E-state index contributed by atoms with van der Waals surface area (Å²) in [7, 11) is 0. The van der Waals surface area contributed by atoms with Crippen molar-refractivity contribution in [1.82, 2.24) is 4.98 Å². The summed E-state index contributed by atoms with van der Waals surface area (Å²) in [6.07, 6.45) is -2.49. The highest BCUT2D eigenvalue weighted by atomic mass is 19.3. The number of nitrogens with zero attached hydrogens (tertiary/aromatic N) is 1. The standard InChI is InChI=1S/C11H16F2N2O/c1-11(2,3)15-9-5-4-6-10(14-9)16-7-8(12)13/h4-6,8H,7H2,1-3H3,(H,14,15). The van der Waals surface area contributed by atoms with Crippen LogP contribution in [0.15, 0.2) is 18.2 Å². The van der Waals surface area contributed by atoms with Crippen LogP contribution in [-0.2, 0) is 0 Å². The summed E-state index contributed by atoms with van der Waals surface area (Å²) >= 11 is 0. The minimum atomic E-state index is -2.49. The van der Waals surface area contributed by atoms with Crippen molar-refractivity contribution in [1.29, 1.82) is 0 Å². The summed E-state index contributed by atoms with van der Waals surface area (Å²) in [5.74, 6) is 0.814. The minimum absolute atomic E-state index is 0.131. The Hall–Kier alpha value is -1.39. The van der Waals surface area contributed by atoms with Gasteiger partial charge in [0.2, 0.25) is 5.88 Å². The number of nitrogens with one attached hydrogen (secondary N) is 1. The molecule has 1 aromatic heterocycles. The molecule has 0 spiro atoms. The van der Waals surface area contributed by atoms with Gasteiger partial charge >= 0.3 is 0 Å². The van der Waals surface area contributed by atoms with E-state index in [0.29, 0.717) is 5.82 Å². The molecule has 0 unspecified atom stereocenters. The van der Waals surface area contributed by atoms with E-state index in [1.807, 2.05) is 20.8 Å². The van der Waals surface area contributed by atoms with E-state index < -0.39 is 13.0 Å². The molecule has 1 N–H and O–H groups in total. The maximum atomic E-state index is 11.9. The third-order valence-electron chi connectivity index (χ3n) is 1.58. The molecule has 0 bridgehead atoms. The first-order valence-electron chi connectivity index (χ1n) is 5.03. The molecule has 0 atom stereocenters. The summed E-state index contributed by atoms with van der Waals surface area (Å²) in [5, 5.41) is 3.13. The Labute approximate surface area is 93.8 Å². The number of rotatable bonds is 4. The molecule has 1 heterocycles. The van der Waals surface area contributed by atoms with Crippen LogP contribution < -0.4 is 10.1 Å². The molecule has 0 saturated heterocycles. The summed E-state index contributed by atoms with van der Waals surface area (Å²) in [6.45, 7) is 5.33. The SMILES string of the molecule is CC(C)(C)Nc1cccc(OCC(F)F)n1. The second-order valence-electron chi connectivity index (χ2n) is 4.44. The molecule has 16 heavy (non-hydrogen) atoms. The Morgan fingerprint density at radius 3 is 2.62 bits per heavy atom. The van der Waals surface area contributed by atoms with Gasteiger partial charge in [-0.2, -0.15) is 4.98 Å². The quantitative estimate of drug-likeness (QED) is 0.863. The van der Waals surface area contributed by atoms with Crippen LogP contribution in [0.25, 0.3) is 0 Å². The number of pyridine rings is 1. The summed E-state index contributed by atoms with van der Waals surface area (Å²) in [6, 6.07) is 5.03. The average molecular weight is 230 g/mol. The highest BCUT2D eigenvalue weighted by Crippen LogP contribution is 2.16. The van der Waals surface area contributed by atoms with E-state index >= 15 is 0 Å². The molecule has 1 aromatic rings. The average Bonchev–Trinajstić information content (AvgIpc) is 2.12. The lowest BCUT2D eigenvalue weighted by Gasteiger charge is -2.21. The third kappa shape index (κ3) is 4.91. The van der Waals surface area contributed by atoms with E-state index in [9.17, 15) is 8.78 Å². The van der Waals surface area contributed by atoms with Crippen molar-refractivity contribution < 1.29 is 13.5 Å². The molecule has 0 fully saturated rings. The van der Waals surface area contributed by atoms with E-state index in [0.717, 1.165) is 0 Å². The van der Waals surface area contributed by atoms with E-state index in [-0.39, 0.29) is 11.4 Å². The van der Waals surface area contributed by atoms with Crippen LogP contribution >= 0.6 is 0 Å². The number of alkyl halides is 2. The number of hydrogen-bond acceptors (Lipinski definition) is 3. The molecule has 90 valence electrons. The van der Waals surface area contributed by atoms with Crippen LogP contribution in [0, 0.1) is 0 Å². The smallest absolute Gasteiger partial charge is 0.272 e. The van der Waals surface area contributed by atoms with Gasteiger partial charge in [0, 0.05) is 11.6 Å². The van der Waals surface area contributed by atoms with Crippen LogP contribution in [0.5, 0.6) is 5.88 Å². The molecule has 0 saturated carbocycles. The second-order valence-corrected chi connectivity index (χ2v) is 4.44. The van der Waals surface area contributed by atoms with E-state index in [2.05, 4.69) is 10.3 Å². The van der Waals surface area contributed by atoms with Gasteiger partial charge in [0.25, 0.3) is 6.43 Å². The van der Waals surface area contributed by atoms with Crippen LogP contribution in [0.2, 0.25) is 0 Å². The van der Waals surface area contributed by atoms with Crippen LogP contribution in [0.1, 0.15) is 20.8 Å². The van der Waals surface area contributed by atoms with E-state index in [1.165, 1.54) is 0 Å². The topological polar surface area (TPSA) is 34.1 Å². The van der Waals surface area contributed by atoms with Crippen molar-refractivity contribution in [3.05, 3.63) is 18.2 Å². The fraction of sp³-hybridized carbons (Fsp3) is 0.545. The first-order chi connectivity index (χ1) is 7.37. The fourth-order valence-corrected chi connectivity index (χ4v) is 1.10. The molecule has 3 nitrogen and oxygen atoms in total. The van der Waals surface area contributed by atoms with Gasteiger partial charge in [0.05, 0.1) is 0 Å². The number of ether oxygens (including phenoxy) is 1. The maximum absolute atomic E-state index is 11.9. The second kappa shape index (κ2) is 5.09. The molecule has 0 aliphatic heterocycles. The first kappa shape index (κ1) is 12.7.